The number of carbonyl (C=O) groups excluding carboxylic acids is 2. The van der Waals surface area contributed by atoms with E-state index in [1.54, 1.807) is 26.2 Å². The Morgan fingerprint density at radius 1 is 1.03 bits per heavy atom. The third kappa shape index (κ3) is 4.88. The maximum Gasteiger partial charge on any atom is 0.344 e. The minimum absolute atomic E-state index is 0.162. The molecule has 32 heavy (non-hydrogen) atoms. The lowest BCUT2D eigenvalue weighted by Gasteiger charge is -2.12. The van der Waals surface area contributed by atoms with Gasteiger partial charge in [0.05, 0.1) is 30.9 Å². The van der Waals surface area contributed by atoms with Crippen molar-refractivity contribution in [1.29, 1.82) is 0 Å². The molecule has 0 saturated heterocycles. The number of fused-ring (bicyclic) bond motifs is 1. The summed E-state index contributed by atoms with van der Waals surface area (Å²) in [5, 5.41) is 0.685. The average Bonchev–Trinajstić information content (AvgIpc) is 3.08. The Bertz CT molecular complexity index is 1100. The van der Waals surface area contributed by atoms with E-state index in [0.29, 0.717) is 16.7 Å². The molecule has 0 bridgehead atoms. The van der Waals surface area contributed by atoms with E-state index >= 15 is 0 Å². The summed E-state index contributed by atoms with van der Waals surface area (Å²) in [6, 6.07) is 13.0. The third-order valence-electron chi connectivity index (χ3n) is 5.25. The molecular formula is C25H29NO6. The molecule has 7 heteroatoms. The summed E-state index contributed by atoms with van der Waals surface area (Å²) in [7, 11) is 1.62. The molecule has 3 rings (SSSR count). The Kier molecular flexibility index (Phi) is 7.41. The highest BCUT2D eigenvalue weighted by Gasteiger charge is 2.22. The van der Waals surface area contributed by atoms with E-state index in [0.717, 1.165) is 29.1 Å². The Morgan fingerprint density at radius 3 is 2.34 bits per heavy atom. The number of carbonyl (C=O) groups is 2. The maximum atomic E-state index is 12.8. The van der Waals surface area contributed by atoms with Gasteiger partial charge in [0.2, 0.25) is 0 Å². The van der Waals surface area contributed by atoms with Gasteiger partial charge in [-0.15, -0.1) is 0 Å². The van der Waals surface area contributed by atoms with Crippen LogP contribution in [0.4, 0.5) is 0 Å². The maximum absolute atomic E-state index is 12.8. The summed E-state index contributed by atoms with van der Waals surface area (Å²) in [5.41, 5.74) is 2.92. The number of rotatable bonds is 9. The van der Waals surface area contributed by atoms with Crippen molar-refractivity contribution in [3.63, 3.8) is 0 Å². The summed E-state index contributed by atoms with van der Waals surface area (Å²) in [5.74, 6) is 0.372. The highest BCUT2D eigenvalue weighted by atomic mass is 16.6. The summed E-state index contributed by atoms with van der Waals surface area (Å²) in [6.07, 6.45) is 0.573. The molecule has 0 amide bonds. The van der Waals surface area contributed by atoms with Crippen LogP contribution in [-0.4, -0.2) is 42.9 Å². The average molecular weight is 440 g/mol. The van der Waals surface area contributed by atoms with Crippen LogP contribution < -0.4 is 9.47 Å². The molecule has 1 heterocycles. The highest BCUT2D eigenvalue weighted by Crippen LogP contribution is 2.33. The number of benzene rings is 2. The topological polar surface area (TPSA) is 76.0 Å². The molecule has 1 atom stereocenters. The Labute approximate surface area is 187 Å². The van der Waals surface area contributed by atoms with Crippen LogP contribution in [0.15, 0.2) is 42.5 Å². The number of nitrogens with zero attached hydrogens (tertiary/aromatic N) is 1. The monoisotopic (exact) mass is 439 g/mol. The van der Waals surface area contributed by atoms with E-state index in [-0.39, 0.29) is 19.3 Å². The van der Waals surface area contributed by atoms with Gasteiger partial charge in [-0.05, 0) is 69.7 Å². The zero-order valence-corrected chi connectivity index (χ0v) is 19.1. The standard InChI is InChI=1S/C25H29NO6/c1-6-16(3)32-23(27)15-31-20-12-13-22-21(14-20)24(25(28)30-7-2)17(4)26(22)18-8-10-19(29-5)11-9-18/h8-14,16H,6-7,15H2,1-5H3. The van der Waals surface area contributed by atoms with Gasteiger partial charge in [0, 0.05) is 16.8 Å². The van der Waals surface area contributed by atoms with Crippen LogP contribution >= 0.6 is 0 Å². The molecular weight excluding hydrogens is 410 g/mol. The van der Waals surface area contributed by atoms with E-state index in [1.165, 1.54) is 0 Å². The second-order valence-corrected chi connectivity index (χ2v) is 7.39. The van der Waals surface area contributed by atoms with Gasteiger partial charge < -0.3 is 23.5 Å². The second-order valence-electron chi connectivity index (χ2n) is 7.39. The number of esters is 2. The van der Waals surface area contributed by atoms with Crippen molar-refractivity contribution in [2.24, 2.45) is 0 Å². The van der Waals surface area contributed by atoms with Crippen LogP contribution in [0.3, 0.4) is 0 Å². The first kappa shape index (κ1) is 23.2. The van der Waals surface area contributed by atoms with E-state index in [4.69, 9.17) is 18.9 Å². The summed E-state index contributed by atoms with van der Waals surface area (Å²) < 4.78 is 23.4. The molecule has 0 aliphatic rings. The first-order valence-corrected chi connectivity index (χ1v) is 10.7. The zero-order chi connectivity index (χ0) is 23.3. The minimum atomic E-state index is -0.433. The second kappa shape index (κ2) is 10.2. The van der Waals surface area contributed by atoms with Crippen molar-refractivity contribution >= 4 is 22.8 Å². The zero-order valence-electron chi connectivity index (χ0n) is 19.1. The van der Waals surface area contributed by atoms with Crippen LogP contribution in [-0.2, 0) is 14.3 Å². The first-order chi connectivity index (χ1) is 15.4. The molecule has 0 fully saturated rings. The Morgan fingerprint density at radius 2 is 1.72 bits per heavy atom. The first-order valence-electron chi connectivity index (χ1n) is 10.7. The van der Waals surface area contributed by atoms with Gasteiger partial charge in [0.1, 0.15) is 11.5 Å². The van der Waals surface area contributed by atoms with Crippen LogP contribution in [0.25, 0.3) is 16.6 Å². The number of hydrogen-bond acceptors (Lipinski definition) is 6. The van der Waals surface area contributed by atoms with Crippen molar-refractivity contribution in [2.75, 3.05) is 20.3 Å². The molecule has 0 aliphatic carbocycles. The number of ether oxygens (including phenoxy) is 4. The van der Waals surface area contributed by atoms with Gasteiger partial charge in [-0.1, -0.05) is 6.92 Å². The van der Waals surface area contributed by atoms with Gasteiger partial charge in [0.25, 0.3) is 0 Å². The Hall–Kier alpha value is -3.48. The van der Waals surface area contributed by atoms with E-state index < -0.39 is 11.9 Å². The lowest BCUT2D eigenvalue weighted by molar-refractivity contribution is -0.150. The van der Waals surface area contributed by atoms with E-state index in [9.17, 15) is 9.59 Å². The van der Waals surface area contributed by atoms with Crippen molar-refractivity contribution in [3.8, 4) is 17.2 Å². The van der Waals surface area contributed by atoms with Crippen molar-refractivity contribution in [3.05, 3.63) is 53.7 Å². The molecule has 7 nitrogen and oxygen atoms in total. The van der Waals surface area contributed by atoms with Crippen molar-refractivity contribution in [2.45, 2.75) is 40.2 Å². The normalized spacial score (nSPS) is 11.8. The van der Waals surface area contributed by atoms with Crippen molar-refractivity contribution in [1.82, 2.24) is 4.57 Å². The van der Waals surface area contributed by atoms with Gasteiger partial charge in [-0.25, -0.2) is 9.59 Å². The molecule has 1 aromatic heterocycles. The smallest absolute Gasteiger partial charge is 0.344 e. The molecule has 170 valence electrons. The molecule has 3 aromatic rings. The van der Waals surface area contributed by atoms with Gasteiger partial charge in [-0.2, -0.15) is 0 Å². The largest absolute Gasteiger partial charge is 0.497 e. The quantitative estimate of drug-likeness (QED) is 0.444. The molecule has 0 spiro atoms. The van der Waals surface area contributed by atoms with Crippen LogP contribution in [0.2, 0.25) is 0 Å². The molecule has 0 N–H and O–H groups in total. The lowest BCUT2D eigenvalue weighted by atomic mass is 10.1. The molecule has 0 radical (unpaired) electrons. The number of aromatic nitrogens is 1. The van der Waals surface area contributed by atoms with Gasteiger partial charge in [-0.3, -0.25) is 0 Å². The minimum Gasteiger partial charge on any atom is -0.497 e. The number of methoxy groups -OCH3 is 1. The van der Waals surface area contributed by atoms with Gasteiger partial charge in [0.15, 0.2) is 6.61 Å². The number of hydrogen-bond donors (Lipinski definition) is 0. The fourth-order valence-electron chi connectivity index (χ4n) is 3.50. The molecule has 0 aliphatic heterocycles. The van der Waals surface area contributed by atoms with E-state index in [2.05, 4.69) is 0 Å². The van der Waals surface area contributed by atoms with Gasteiger partial charge >= 0.3 is 11.9 Å². The van der Waals surface area contributed by atoms with Crippen LogP contribution in [0, 0.1) is 6.92 Å². The molecule has 2 aromatic carbocycles. The van der Waals surface area contributed by atoms with Crippen LogP contribution in [0.1, 0.15) is 43.2 Å². The predicted molar refractivity (Wildman–Crippen MR) is 122 cm³/mol. The molecule has 1 unspecified atom stereocenters. The fourth-order valence-corrected chi connectivity index (χ4v) is 3.50. The summed E-state index contributed by atoms with van der Waals surface area (Å²) in [6.45, 7) is 7.49. The molecule has 0 saturated carbocycles. The highest BCUT2D eigenvalue weighted by molar-refractivity contribution is 6.07. The fraction of sp³-hybridized carbons (Fsp3) is 0.360. The lowest BCUT2D eigenvalue weighted by Crippen LogP contribution is -2.20. The van der Waals surface area contributed by atoms with E-state index in [1.807, 2.05) is 55.7 Å². The summed E-state index contributed by atoms with van der Waals surface area (Å²) in [4.78, 5) is 24.8. The third-order valence-corrected chi connectivity index (χ3v) is 5.25. The SMILES string of the molecule is CCOC(=O)c1c(C)n(-c2ccc(OC)cc2)c2ccc(OCC(=O)OC(C)CC)cc12. The summed E-state index contributed by atoms with van der Waals surface area (Å²) >= 11 is 0. The predicted octanol–water partition coefficient (Wildman–Crippen LogP) is 4.84. The van der Waals surface area contributed by atoms with Crippen LogP contribution in [0.5, 0.6) is 11.5 Å². The Balaban J connectivity index is 2.01. The van der Waals surface area contributed by atoms with Crippen molar-refractivity contribution < 1.29 is 28.5 Å².